The molecular weight excluding hydrogens is 238 g/mol. The minimum absolute atomic E-state index is 0.161. The SMILES string of the molecule is CCCOc1cccc(CNC(=O)C(C)Cl)c1. The van der Waals surface area contributed by atoms with Gasteiger partial charge in [0.2, 0.25) is 5.91 Å². The second kappa shape index (κ2) is 7.17. The highest BCUT2D eigenvalue weighted by Crippen LogP contribution is 2.13. The van der Waals surface area contributed by atoms with Gasteiger partial charge in [0.25, 0.3) is 0 Å². The molecular formula is C13H18ClNO2. The van der Waals surface area contributed by atoms with E-state index in [9.17, 15) is 4.79 Å². The molecule has 0 saturated heterocycles. The summed E-state index contributed by atoms with van der Waals surface area (Å²) in [7, 11) is 0. The average molecular weight is 256 g/mol. The second-order valence-corrected chi connectivity index (χ2v) is 4.48. The molecule has 1 rings (SSSR count). The molecule has 0 spiro atoms. The molecule has 17 heavy (non-hydrogen) atoms. The Bertz CT molecular complexity index is 366. The maximum atomic E-state index is 11.3. The van der Waals surface area contributed by atoms with Crippen molar-refractivity contribution < 1.29 is 9.53 Å². The molecule has 0 heterocycles. The monoisotopic (exact) mass is 255 g/mol. The van der Waals surface area contributed by atoms with Crippen molar-refractivity contribution in [3.8, 4) is 5.75 Å². The number of amides is 1. The van der Waals surface area contributed by atoms with Crippen LogP contribution in [0.5, 0.6) is 5.75 Å². The lowest BCUT2D eigenvalue weighted by atomic mass is 10.2. The number of ether oxygens (including phenoxy) is 1. The van der Waals surface area contributed by atoms with Crippen molar-refractivity contribution in [2.24, 2.45) is 0 Å². The predicted octanol–water partition coefficient (Wildman–Crippen LogP) is 2.72. The third-order valence-electron chi connectivity index (χ3n) is 2.20. The van der Waals surface area contributed by atoms with Gasteiger partial charge >= 0.3 is 0 Å². The lowest BCUT2D eigenvalue weighted by molar-refractivity contribution is -0.120. The number of hydrogen-bond donors (Lipinski definition) is 1. The van der Waals surface area contributed by atoms with Crippen LogP contribution in [0.3, 0.4) is 0 Å². The molecule has 1 aromatic rings. The molecule has 0 radical (unpaired) electrons. The van der Waals surface area contributed by atoms with E-state index in [-0.39, 0.29) is 5.91 Å². The van der Waals surface area contributed by atoms with Gasteiger partial charge in [0.05, 0.1) is 6.61 Å². The highest BCUT2D eigenvalue weighted by molar-refractivity contribution is 6.30. The van der Waals surface area contributed by atoms with Crippen LogP contribution in [0.1, 0.15) is 25.8 Å². The van der Waals surface area contributed by atoms with Gasteiger partial charge in [0, 0.05) is 6.54 Å². The van der Waals surface area contributed by atoms with Crippen LogP contribution in [-0.4, -0.2) is 17.9 Å². The Balaban J connectivity index is 2.51. The van der Waals surface area contributed by atoms with Crippen LogP contribution in [0, 0.1) is 0 Å². The first-order valence-corrected chi connectivity index (χ1v) is 6.20. The summed E-state index contributed by atoms with van der Waals surface area (Å²) in [5, 5.41) is 2.25. The molecule has 3 nitrogen and oxygen atoms in total. The minimum atomic E-state index is -0.505. The first kappa shape index (κ1) is 13.8. The minimum Gasteiger partial charge on any atom is -0.494 e. The average Bonchev–Trinajstić information content (AvgIpc) is 2.33. The summed E-state index contributed by atoms with van der Waals surface area (Å²) in [6, 6.07) is 7.69. The molecule has 1 amide bonds. The van der Waals surface area contributed by atoms with E-state index in [4.69, 9.17) is 16.3 Å². The van der Waals surface area contributed by atoms with Crippen molar-refractivity contribution in [1.82, 2.24) is 5.32 Å². The molecule has 4 heteroatoms. The third-order valence-corrected chi connectivity index (χ3v) is 2.40. The van der Waals surface area contributed by atoms with Gasteiger partial charge in [0.15, 0.2) is 0 Å². The molecule has 0 aliphatic rings. The van der Waals surface area contributed by atoms with E-state index in [1.807, 2.05) is 24.3 Å². The van der Waals surface area contributed by atoms with E-state index < -0.39 is 5.38 Å². The molecule has 0 bridgehead atoms. The summed E-state index contributed by atoms with van der Waals surface area (Å²) in [5.74, 6) is 0.670. The van der Waals surface area contributed by atoms with Gasteiger partial charge < -0.3 is 10.1 Å². The van der Waals surface area contributed by atoms with Crippen LogP contribution < -0.4 is 10.1 Å². The molecule has 0 saturated carbocycles. The van der Waals surface area contributed by atoms with E-state index in [0.29, 0.717) is 13.2 Å². The van der Waals surface area contributed by atoms with Crippen LogP contribution in [0.25, 0.3) is 0 Å². The molecule has 1 unspecified atom stereocenters. The summed E-state index contributed by atoms with van der Waals surface area (Å²) in [6.07, 6.45) is 0.977. The van der Waals surface area contributed by atoms with Crippen molar-refractivity contribution in [3.05, 3.63) is 29.8 Å². The maximum absolute atomic E-state index is 11.3. The fourth-order valence-electron chi connectivity index (χ4n) is 1.29. The maximum Gasteiger partial charge on any atom is 0.238 e. The Labute approximate surface area is 107 Å². The van der Waals surface area contributed by atoms with E-state index in [1.54, 1.807) is 6.92 Å². The van der Waals surface area contributed by atoms with Crippen molar-refractivity contribution in [2.45, 2.75) is 32.2 Å². The highest BCUT2D eigenvalue weighted by atomic mass is 35.5. The number of carbonyl (C=O) groups excluding carboxylic acids is 1. The number of alkyl halides is 1. The zero-order valence-electron chi connectivity index (χ0n) is 10.2. The van der Waals surface area contributed by atoms with Gasteiger partial charge in [-0.25, -0.2) is 0 Å². The lowest BCUT2D eigenvalue weighted by Gasteiger charge is -2.09. The van der Waals surface area contributed by atoms with Gasteiger partial charge in [-0.2, -0.15) is 0 Å². The Morgan fingerprint density at radius 2 is 2.29 bits per heavy atom. The first-order valence-electron chi connectivity index (χ1n) is 5.77. The predicted molar refractivity (Wildman–Crippen MR) is 69.4 cm³/mol. The fourth-order valence-corrected chi connectivity index (χ4v) is 1.37. The summed E-state index contributed by atoms with van der Waals surface area (Å²) in [5.41, 5.74) is 1.00. The van der Waals surface area contributed by atoms with Crippen LogP contribution >= 0.6 is 11.6 Å². The number of hydrogen-bond acceptors (Lipinski definition) is 2. The molecule has 1 N–H and O–H groups in total. The summed E-state index contributed by atoms with van der Waals surface area (Å²) >= 11 is 5.66. The Kier molecular flexibility index (Phi) is 5.84. The Morgan fingerprint density at radius 1 is 1.53 bits per heavy atom. The number of rotatable bonds is 6. The number of benzene rings is 1. The number of nitrogens with one attached hydrogen (secondary N) is 1. The summed E-state index contributed by atoms with van der Waals surface area (Å²) in [4.78, 5) is 11.3. The molecule has 0 fully saturated rings. The van der Waals surface area contributed by atoms with Crippen molar-refractivity contribution >= 4 is 17.5 Å². The fraction of sp³-hybridized carbons (Fsp3) is 0.462. The number of halogens is 1. The zero-order chi connectivity index (χ0) is 12.7. The molecule has 0 aromatic heterocycles. The van der Waals surface area contributed by atoms with E-state index in [0.717, 1.165) is 17.7 Å². The van der Waals surface area contributed by atoms with Crippen molar-refractivity contribution in [3.63, 3.8) is 0 Å². The highest BCUT2D eigenvalue weighted by Gasteiger charge is 2.07. The van der Waals surface area contributed by atoms with Gasteiger partial charge in [-0.1, -0.05) is 19.1 Å². The largest absolute Gasteiger partial charge is 0.494 e. The smallest absolute Gasteiger partial charge is 0.238 e. The molecule has 0 aliphatic carbocycles. The molecule has 1 atom stereocenters. The normalized spacial score (nSPS) is 11.9. The van der Waals surface area contributed by atoms with E-state index in [1.165, 1.54) is 0 Å². The topological polar surface area (TPSA) is 38.3 Å². The number of carbonyl (C=O) groups is 1. The second-order valence-electron chi connectivity index (χ2n) is 3.83. The van der Waals surface area contributed by atoms with Gasteiger partial charge in [-0.15, -0.1) is 11.6 Å². The lowest BCUT2D eigenvalue weighted by Crippen LogP contribution is -2.28. The van der Waals surface area contributed by atoms with Crippen LogP contribution in [-0.2, 0) is 11.3 Å². The van der Waals surface area contributed by atoms with Gasteiger partial charge in [-0.05, 0) is 31.0 Å². The zero-order valence-corrected chi connectivity index (χ0v) is 11.0. The molecule has 94 valence electrons. The Morgan fingerprint density at radius 3 is 2.94 bits per heavy atom. The van der Waals surface area contributed by atoms with Crippen molar-refractivity contribution in [1.29, 1.82) is 0 Å². The quantitative estimate of drug-likeness (QED) is 0.794. The summed E-state index contributed by atoms with van der Waals surface area (Å²) in [6.45, 7) is 4.89. The van der Waals surface area contributed by atoms with Crippen LogP contribution in [0.4, 0.5) is 0 Å². The van der Waals surface area contributed by atoms with E-state index >= 15 is 0 Å². The summed E-state index contributed by atoms with van der Waals surface area (Å²) < 4.78 is 5.51. The van der Waals surface area contributed by atoms with Crippen molar-refractivity contribution in [2.75, 3.05) is 6.61 Å². The van der Waals surface area contributed by atoms with E-state index in [2.05, 4.69) is 12.2 Å². The standard InChI is InChI=1S/C13H18ClNO2/c1-3-7-17-12-6-4-5-11(8-12)9-15-13(16)10(2)14/h4-6,8,10H,3,7,9H2,1-2H3,(H,15,16). The van der Waals surface area contributed by atoms with Crippen LogP contribution in [0.2, 0.25) is 0 Å². The first-order chi connectivity index (χ1) is 8.13. The van der Waals surface area contributed by atoms with Gasteiger partial charge in [0.1, 0.15) is 11.1 Å². The third kappa shape index (κ3) is 5.09. The van der Waals surface area contributed by atoms with Crippen LogP contribution in [0.15, 0.2) is 24.3 Å². The molecule has 0 aliphatic heterocycles. The van der Waals surface area contributed by atoms with Gasteiger partial charge in [-0.3, -0.25) is 4.79 Å². The Hall–Kier alpha value is -1.22. The molecule has 1 aromatic carbocycles.